The molecule has 0 bridgehead atoms. The van der Waals surface area contributed by atoms with Crippen LogP contribution in [0.15, 0.2) is 0 Å². The quantitative estimate of drug-likeness (QED) is 0.790. The summed E-state index contributed by atoms with van der Waals surface area (Å²) in [6.45, 7) is 5.80. The van der Waals surface area contributed by atoms with Crippen LogP contribution in [0.1, 0.15) is 51.9 Å². The highest BCUT2D eigenvalue weighted by Crippen LogP contribution is 2.21. The molecule has 1 aliphatic carbocycles. The van der Waals surface area contributed by atoms with Gasteiger partial charge in [-0.3, -0.25) is 4.90 Å². The third kappa shape index (κ3) is 5.68. The van der Waals surface area contributed by atoms with Gasteiger partial charge in [-0.2, -0.15) is 0 Å². The molecule has 0 aromatic carbocycles. The van der Waals surface area contributed by atoms with Gasteiger partial charge in [-0.15, -0.1) is 0 Å². The van der Waals surface area contributed by atoms with E-state index in [9.17, 15) is 0 Å². The number of hydrogen-bond donors (Lipinski definition) is 1. The molecule has 0 radical (unpaired) electrons. The molecule has 0 heterocycles. The summed E-state index contributed by atoms with van der Waals surface area (Å²) in [5.41, 5.74) is 6.40. The van der Waals surface area contributed by atoms with Crippen molar-refractivity contribution in [1.82, 2.24) is 9.80 Å². The van der Waals surface area contributed by atoms with Crippen molar-refractivity contribution in [2.24, 2.45) is 5.73 Å². The van der Waals surface area contributed by atoms with Crippen molar-refractivity contribution >= 4 is 0 Å². The summed E-state index contributed by atoms with van der Waals surface area (Å²) in [6.07, 6.45) is 9.25. The Hall–Kier alpha value is -0.120. The zero-order valence-corrected chi connectivity index (χ0v) is 12.7. The Morgan fingerprint density at radius 3 is 2.28 bits per heavy atom. The lowest BCUT2D eigenvalue weighted by Gasteiger charge is -2.36. The van der Waals surface area contributed by atoms with Crippen molar-refractivity contribution in [3.05, 3.63) is 0 Å². The first-order valence-corrected chi connectivity index (χ1v) is 7.79. The third-order valence-corrected chi connectivity index (χ3v) is 4.21. The highest BCUT2D eigenvalue weighted by Gasteiger charge is 2.24. The predicted octanol–water partition coefficient (Wildman–Crippen LogP) is 2.31. The second kappa shape index (κ2) is 8.89. The lowest BCUT2D eigenvalue weighted by Crippen LogP contribution is -2.48. The summed E-state index contributed by atoms with van der Waals surface area (Å²) >= 11 is 0. The number of likely N-dealkylation sites (N-methyl/N-ethyl adjacent to an activating group) is 1. The zero-order chi connectivity index (χ0) is 13.4. The Kier molecular flexibility index (Phi) is 7.87. The van der Waals surface area contributed by atoms with Crippen LogP contribution in [0.5, 0.6) is 0 Å². The van der Waals surface area contributed by atoms with Crippen molar-refractivity contribution in [1.29, 1.82) is 0 Å². The second-order valence-electron chi connectivity index (χ2n) is 6.01. The van der Waals surface area contributed by atoms with Crippen LogP contribution in [0.3, 0.4) is 0 Å². The maximum absolute atomic E-state index is 6.40. The molecule has 2 unspecified atom stereocenters. The molecule has 0 saturated heterocycles. The van der Waals surface area contributed by atoms with E-state index < -0.39 is 0 Å². The molecule has 0 aromatic heterocycles. The van der Waals surface area contributed by atoms with Crippen molar-refractivity contribution in [3.63, 3.8) is 0 Å². The first-order chi connectivity index (χ1) is 8.65. The Morgan fingerprint density at radius 1 is 1.00 bits per heavy atom. The van der Waals surface area contributed by atoms with Crippen LogP contribution >= 0.6 is 0 Å². The molecule has 18 heavy (non-hydrogen) atoms. The van der Waals surface area contributed by atoms with Crippen molar-refractivity contribution in [3.8, 4) is 0 Å². The second-order valence-corrected chi connectivity index (χ2v) is 6.01. The Bertz CT molecular complexity index is 206. The van der Waals surface area contributed by atoms with Crippen molar-refractivity contribution < 1.29 is 0 Å². The zero-order valence-electron chi connectivity index (χ0n) is 12.7. The van der Waals surface area contributed by atoms with Gasteiger partial charge < -0.3 is 10.6 Å². The van der Waals surface area contributed by atoms with Crippen LogP contribution in [0, 0.1) is 0 Å². The number of nitrogens with zero attached hydrogens (tertiary/aromatic N) is 2. The fourth-order valence-electron chi connectivity index (χ4n) is 3.10. The molecule has 0 spiro atoms. The Morgan fingerprint density at radius 2 is 1.67 bits per heavy atom. The van der Waals surface area contributed by atoms with E-state index in [1.54, 1.807) is 0 Å². The fraction of sp³-hybridized carbons (Fsp3) is 1.00. The number of rotatable bonds is 6. The van der Waals surface area contributed by atoms with Crippen LogP contribution in [-0.2, 0) is 0 Å². The minimum Gasteiger partial charge on any atom is -0.326 e. The third-order valence-electron chi connectivity index (χ3n) is 4.21. The Balaban J connectivity index is 2.43. The minimum absolute atomic E-state index is 0.393. The van der Waals surface area contributed by atoms with Gasteiger partial charge >= 0.3 is 0 Å². The molecule has 0 amide bonds. The fourth-order valence-corrected chi connectivity index (χ4v) is 3.10. The normalized spacial score (nSPS) is 26.3. The highest BCUT2D eigenvalue weighted by atomic mass is 15.2. The summed E-state index contributed by atoms with van der Waals surface area (Å²) in [5.74, 6) is 0. The van der Waals surface area contributed by atoms with Gasteiger partial charge in [0, 0.05) is 12.1 Å². The molecule has 1 saturated carbocycles. The summed E-state index contributed by atoms with van der Waals surface area (Å²) in [7, 11) is 4.30. The monoisotopic (exact) mass is 255 g/mol. The molecule has 1 fully saturated rings. The van der Waals surface area contributed by atoms with Crippen LogP contribution in [0.2, 0.25) is 0 Å². The van der Waals surface area contributed by atoms with Gasteiger partial charge in [-0.1, -0.05) is 32.6 Å². The van der Waals surface area contributed by atoms with Crippen LogP contribution in [0.4, 0.5) is 0 Å². The van der Waals surface area contributed by atoms with Crippen LogP contribution < -0.4 is 5.73 Å². The number of hydrogen-bond acceptors (Lipinski definition) is 3. The van der Waals surface area contributed by atoms with E-state index >= 15 is 0 Å². The first kappa shape index (κ1) is 15.9. The molecule has 0 aromatic rings. The van der Waals surface area contributed by atoms with E-state index in [2.05, 4.69) is 30.8 Å². The summed E-state index contributed by atoms with van der Waals surface area (Å²) in [5, 5.41) is 0. The van der Waals surface area contributed by atoms with Crippen molar-refractivity contribution in [2.45, 2.75) is 64.0 Å². The van der Waals surface area contributed by atoms with E-state index in [1.807, 2.05) is 0 Å². The maximum atomic E-state index is 6.40. The molecule has 3 heteroatoms. The molecule has 2 atom stereocenters. The van der Waals surface area contributed by atoms with Gasteiger partial charge in [0.1, 0.15) is 0 Å². The largest absolute Gasteiger partial charge is 0.326 e. The smallest absolute Gasteiger partial charge is 0.0247 e. The lowest BCUT2D eigenvalue weighted by atomic mass is 9.91. The standard InChI is InChI=1S/C15H33N3/c1-4-18(13-9-12-17(2)3)15-11-8-6-5-7-10-14(15)16/h14-15H,4-13,16H2,1-3H3. The van der Waals surface area contributed by atoms with Gasteiger partial charge in [0.05, 0.1) is 0 Å². The molecule has 1 aliphatic rings. The summed E-state index contributed by atoms with van der Waals surface area (Å²) < 4.78 is 0. The van der Waals surface area contributed by atoms with Crippen molar-refractivity contribution in [2.75, 3.05) is 33.7 Å². The van der Waals surface area contributed by atoms with E-state index in [1.165, 1.54) is 58.0 Å². The highest BCUT2D eigenvalue weighted by molar-refractivity contribution is 4.83. The lowest BCUT2D eigenvalue weighted by molar-refractivity contribution is 0.149. The average Bonchev–Trinajstić information content (AvgIpc) is 2.31. The van der Waals surface area contributed by atoms with Gasteiger partial charge in [-0.05, 0) is 53.0 Å². The van der Waals surface area contributed by atoms with E-state index in [0.29, 0.717) is 12.1 Å². The minimum atomic E-state index is 0.393. The van der Waals surface area contributed by atoms with E-state index in [-0.39, 0.29) is 0 Å². The SMILES string of the molecule is CCN(CCCN(C)C)C1CCCCCCC1N. The number of nitrogens with two attached hydrogens (primary N) is 1. The van der Waals surface area contributed by atoms with Crippen LogP contribution in [-0.4, -0.2) is 55.6 Å². The maximum Gasteiger partial charge on any atom is 0.0247 e. The average molecular weight is 255 g/mol. The van der Waals surface area contributed by atoms with Gasteiger partial charge in [-0.25, -0.2) is 0 Å². The molecule has 108 valence electrons. The summed E-state index contributed by atoms with van der Waals surface area (Å²) in [6, 6.07) is 1.02. The van der Waals surface area contributed by atoms with Crippen LogP contribution in [0.25, 0.3) is 0 Å². The molecular weight excluding hydrogens is 222 g/mol. The van der Waals surface area contributed by atoms with Gasteiger partial charge in [0.25, 0.3) is 0 Å². The molecule has 3 nitrogen and oxygen atoms in total. The Labute approximate surface area is 114 Å². The molecule has 0 aliphatic heterocycles. The molecular formula is C15H33N3. The van der Waals surface area contributed by atoms with Gasteiger partial charge in [0.15, 0.2) is 0 Å². The molecule has 1 rings (SSSR count). The van der Waals surface area contributed by atoms with E-state index in [0.717, 1.165) is 6.54 Å². The molecule has 2 N–H and O–H groups in total. The predicted molar refractivity (Wildman–Crippen MR) is 79.9 cm³/mol. The topological polar surface area (TPSA) is 32.5 Å². The summed E-state index contributed by atoms with van der Waals surface area (Å²) in [4.78, 5) is 4.89. The van der Waals surface area contributed by atoms with E-state index in [4.69, 9.17) is 5.73 Å². The van der Waals surface area contributed by atoms with Gasteiger partial charge in [0.2, 0.25) is 0 Å². The first-order valence-electron chi connectivity index (χ1n) is 7.79.